The highest BCUT2D eigenvalue weighted by atomic mass is 32.1. The number of hydrogen-bond acceptors (Lipinski definition) is 6. The fraction of sp³-hybridized carbons (Fsp3) is 0.600. The summed E-state index contributed by atoms with van der Waals surface area (Å²) in [6, 6.07) is 0.219. The molecule has 92 valence electrons. The second-order valence-electron chi connectivity index (χ2n) is 3.92. The molecule has 0 saturated heterocycles. The van der Waals surface area contributed by atoms with E-state index in [0.717, 1.165) is 24.4 Å². The predicted octanol–water partition coefficient (Wildman–Crippen LogP) is 0.868. The summed E-state index contributed by atoms with van der Waals surface area (Å²) in [5, 5.41) is 15.5. The molecule has 0 aliphatic rings. The highest BCUT2D eigenvalue weighted by molar-refractivity contribution is 7.05. The van der Waals surface area contributed by atoms with Crippen LogP contribution in [0.15, 0.2) is 6.20 Å². The molecule has 1 unspecified atom stereocenters. The van der Waals surface area contributed by atoms with E-state index in [9.17, 15) is 0 Å². The molecule has 2 aromatic heterocycles. The van der Waals surface area contributed by atoms with E-state index in [4.69, 9.17) is 0 Å². The minimum Gasteiger partial charge on any atom is -0.309 e. The lowest BCUT2D eigenvalue weighted by Crippen LogP contribution is -2.23. The molecule has 0 amide bonds. The van der Waals surface area contributed by atoms with Crippen molar-refractivity contribution in [2.75, 3.05) is 6.54 Å². The van der Waals surface area contributed by atoms with Crippen molar-refractivity contribution in [1.29, 1.82) is 0 Å². The zero-order valence-corrected chi connectivity index (χ0v) is 11.0. The Bertz CT molecular complexity index is 477. The molecule has 0 saturated carbocycles. The van der Waals surface area contributed by atoms with Crippen LogP contribution in [0.2, 0.25) is 0 Å². The first-order valence-corrected chi connectivity index (χ1v) is 6.35. The second-order valence-corrected chi connectivity index (χ2v) is 4.71. The van der Waals surface area contributed by atoms with Crippen LogP contribution in [0, 0.1) is 6.92 Å². The SMILES string of the molecule is CCNC(Cc1cn(C)nn1)c1snnc1C. The van der Waals surface area contributed by atoms with Crippen molar-refractivity contribution < 1.29 is 0 Å². The standard InChI is InChI=1S/C10H16N6S/c1-4-11-9(10-7(2)12-15-17-10)5-8-6-16(3)14-13-8/h6,9,11H,4-5H2,1-3H3. The Hall–Kier alpha value is -1.34. The van der Waals surface area contributed by atoms with E-state index < -0.39 is 0 Å². The van der Waals surface area contributed by atoms with Gasteiger partial charge >= 0.3 is 0 Å². The third kappa shape index (κ3) is 2.86. The fourth-order valence-corrected chi connectivity index (χ4v) is 2.48. The molecule has 2 rings (SSSR count). The quantitative estimate of drug-likeness (QED) is 0.855. The van der Waals surface area contributed by atoms with E-state index in [0.29, 0.717) is 0 Å². The van der Waals surface area contributed by atoms with Gasteiger partial charge in [-0.05, 0) is 25.0 Å². The molecular formula is C10H16N6S. The first kappa shape index (κ1) is 12.1. The van der Waals surface area contributed by atoms with Crippen molar-refractivity contribution in [2.24, 2.45) is 7.05 Å². The topological polar surface area (TPSA) is 68.5 Å². The molecule has 2 aromatic rings. The number of hydrogen-bond donors (Lipinski definition) is 1. The average molecular weight is 252 g/mol. The van der Waals surface area contributed by atoms with Crippen LogP contribution in [0.5, 0.6) is 0 Å². The Morgan fingerprint density at radius 2 is 2.29 bits per heavy atom. The Morgan fingerprint density at radius 3 is 2.82 bits per heavy atom. The van der Waals surface area contributed by atoms with E-state index in [1.807, 2.05) is 20.2 Å². The summed E-state index contributed by atoms with van der Waals surface area (Å²) in [6.45, 7) is 4.98. The minimum absolute atomic E-state index is 0.219. The molecule has 7 heteroatoms. The Labute approximate surface area is 104 Å². The van der Waals surface area contributed by atoms with Gasteiger partial charge in [0.15, 0.2) is 0 Å². The van der Waals surface area contributed by atoms with E-state index in [2.05, 4.69) is 32.1 Å². The lowest BCUT2D eigenvalue weighted by atomic mass is 10.1. The second kappa shape index (κ2) is 5.33. The maximum Gasteiger partial charge on any atom is 0.0846 e. The molecule has 0 aromatic carbocycles. The smallest absolute Gasteiger partial charge is 0.0846 e. The fourth-order valence-electron chi connectivity index (χ4n) is 1.76. The minimum atomic E-state index is 0.219. The third-order valence-corrected chi connectivity index (χ3v) is 3.46. The van der Waals surface area contributed by atoms with Gasteiger partial charge in [-0.3, -0.25) is 4.68 Å². The summed E-state index contributed by atoms with van der Waals surface area (Å²) in [5.41, 5.74) is 1.97. The van der Waals surface area contributed by atoms with Gasteiger partial charge in [0.2, 0.25) is 0 Å². The molecule has 0 fully saturated rings. The van der Waals surface area contributed by atoms with Gasteiger partial charge in [0.05, 0.1) is 22.3 Å². The molecule has 0 spiro atoms. The van der Waals surface area contributed by atoms with Gasteiger partial charge in [-0.25, -0.2) is 0 Å². The van der Waals surface area contributed by atoms with Crippen LogP contribution in [0.25, 0.3) is 0 Å². The van der Waals surface area contributed by atoms with Gasteiger partial charge in [-0.2, -0.15) is 0 Å². The van der Waals surface area contributed by atoms with Gasteiger partial charge in [-0.1, -0.05) is 16.6 Å². The van der Waals surface area contributed by atoms with Gasteiger partial charge in [0.25, 0.3) is 0 Å². The molecule has 0 aliphatic heterocycles. The molecule has 1 atom stereocenters. The zero-order chi connectivity index (χ0) is 12.3. The summed E-state index contributed by atoms with van der Waals surface area (Å²) in [4.78, 5) is 1.18. The summed E-state index contributed by atoms with van der Waals surface area (Å²) < 4.78 is 5.70. The van der Waals surface area contributed by atoms with Crippen molar-refractivity contribution in [3.8, 4) is 0 Å². The van der Waals surface area contributed by atoms with Crippen molar-refractivity contribution in [2.45, 2.75) is 26.3 Å². The van der Waals surface area contributed by atoms with Crippen LogP contribution in [0.4, 0.5) is 0 Å². The molecule has 17 heavy (non-hydrogen) atoms. The first-order valence-electron chi connectivity index (χ1n) is 5.58. The van der Waals surface area contributed by atoms with Gasteiger partial charge in [0.1, 0.15) is 0 Å². The monoisotopic (exact) mass is 252 g/mol. The summed E-state index contributed by atoms with van der Waals surface area (Å²) in [6.07, 6.45) is 2.75. The highest BCUT2D eigenvalue weighted by Gasteiger charge is 2.18. The number of rotatable bonds is 5. The molecule has 6 nitrogen and oxygen atoms in total. The number of aryl methyl sites for hydroxylation is 2. The molecular weight excluding hydrogens is 236 g/mol. The van der Waals surface area contributed by atoms with E-state index >= 15 is 0 Å². The van der Waals surface area contributed by atoms with Crippen molar-refractivity contribution >= 4 is 11.5 Å². The lowest BCUT2D eigenvalue weighted by Gasteiger charge is -2.14. The number of nitrogens with zero attached hydrogens (tertiary/aromatic N) is 5. The van der Waals surface area contributed by atoms with Crippen LogP contribution in [0.3, 0.4) is 0 Å². The van der Waals surface area contributed by atoms with E-state index in [1.165, 1.54) is 16.4 Å². The number of likely N-dealkylation sites (N-methyl/N-ethyl adjacent to an activating group) is 1. The predicted molar refractivity (Wildman–Crippen MR) is 65.8 cm³/mol. The normalized spacial score (nSPS) is 12.9. The Balaban J connectivity index is 2.15. The van der Waals surface area contributed by atoms with Crippen LogP contribution in [-0.2, 0) is 13.5 Å². The van der Waals surface area contributed by atoms with Crippen molar-refractivity contribution in [3.05, 3.63) is 22.5 Å². The van der Waals surface area contributed by atoms with Crippen LogP contribution in [-0.4, -0.2) is 31.1 Å². The molecule has 0 bridgehead atoms. The van der Waals surface area contributed by atoms with Crippen LogP contribution < -0.4 is 5.32 Å². The van der Waals surface area contributed by atoms with Gasteiger partial charge in [-0.15, -0.1) is 10.2 Å². The molecule has 1 N–H and O–H groups in total. The summed E-state index contributed by atoms with van der Waals surface area (Å²) in [5.74, 6) is 0. The van der Waals surface area contributed by atoms with Crippen LogP contribution >= 0.6 is 11.5 Å². The maximum atomic E-state index is 4.11. The maximum absolute atomic E-state index is 4.11. The Kier molecular flexibility index (Phi) is 3.80. The molecule has 0 aliphatic carbocycles. The molecule has 0 radical (unpaired) electrons. The average Bonchev–Trinajstić information content (AvgIpc) is 2.87. The van der Waals surface area contributed by atoms with Gasteiger partial charge in [0, 0.05) is 19.7 Å². The lowest BCUT2D eigenvalue weighted by molar-refractivity contribution is 0.548. The first-order chi connectivity index (χ1) is 8.20. The van der Waals surface area contributed by atoms with E-state index in [1.54, 1.807) is 4.68 Å². The third-order valence-electron chi connectivity index (χ3n) is 2.52. The number of aromatic nitrogens is 5. The highest BCUT2D eigenvalue weighted by Crippen LogP contribution is 2.22. The largest absolute Gasteiger partial charge is 0.309 e. The van der Waals surface area contributed by atoms with Crippen LogP contribution in [0.1, 0.15) is 29.2 Å². The van der Waals surface area contributed by atoms with Gasteiger partial charge < -0.3 is 5.32 Å². The molecule has 2 heterocycles. The zero-order valence-electron chi connectivity index (χ0n) is 10.2. The number of nitrogens with one attached hydrogen (secondary N) is 1. The van der Waals surface area contributed by atoms with E-state index in [-0.39, 0.29) is 6.04 Å². The summed E-state index contributed by atoms with van der Waals surface area (Å²) in [7, 11) is 1.87. The van der Waals surface area contributed by atoms with Crippen molar-refractivity contribution in [3.63, 3.8) is 0 Å². The Morgan fingerprint density at radius 1 is 1.47 bits per heavy atom. The summed E-state index contributed by atoms with van der Waals surface area (Å²) >= 11 is 1.45. The van der Waals surface area contributed by atoms with Crippen molar-refractivity contribution in [1.82, 2.24) is 29.9 Å².